The lowest BCUT2D eigenvalue weighted by Crippen LogP contribution is -2.06. The summed E-state index contributed by atoms with van der Waals surface area (Å²) in [5.41, 5.74) is 3.22. The zero-order chi connectivity index (χ0) is 14.3. The first-order valence-corrected chi connectivity index (χ1v) is 6.95. The van der Waals surface area contributed by atoms with E-state index in [2.05, 4.69) is 10.1 Å². The van der Waals surface area contributed by atoms with Crippen LogP contribution in [-0.4, -0.2) is 19.3 Å². The summed E-state index contributed by atoms with van der Waals surface area (Å²) < 4.78 is 17.2. The Kier molecular flexibility index (Phi) is 3.22. The minimum atomic E-state index is -0.288. The van der Waals surface area contributed by atoms with E-state index < -0.39 is 0 Å². The molecule has 0 fully saturated rings. The van der Waals surface area contributed by atoms with Crippen LogP contribution >= 0.6 is 11.6 Å². The summed E-state index contributed by atoms with van der Waals surface area (Å²) in [7, 11) is 0. The summed E-state index contributed by atoms with van der Waals surface area (Å²) in [6.07, 6.45) is 0. The molecule has 0 aliphatic heterocycles. The van der Waals surface area contributed by atoms with Crippen LogP contribution in [0.4, 0.5) is 4.39 Å². The van der Waals surface area contributed by atoms with E-state index >= 15 is 0 Å². The molecule has 3 rings (SSSR count). The van der Waals surface area contributed by atoms with Gasteiger partial charge in [0.1, 0.15) is 17.2 Å². The standard InChI is InChI=1S/C14H14ClFN4/c1-3-19-14-13(9(2)18-19)17-12(8-15)20(14)11-6-4-5-10(16)7-11/h4-7H,3,8H2,1-2H3. The van der Waals surface area contributed by atoms with E-state index in [1.54, 1.807) is 6.07 Å². The second kappa shape index (κ2) is 4.90. The number of fused-ring (bicyclic) bond motifs is 1. The molecule has 4 nitrogen and oxygen atoms in total. The molecule has 0 saturated carbocycles. The van der Waals surface area contributed by atoms with Gasteiger partial charge in [-0.2, -0.15) is 5.10 Å². The van der Waals surface area contributed by atoms with E-state index in [1.807, 2.05) is 29.2 Å². The van der Waals surface area contributed by atoms with Crippen LogP contribution in [0.15, 0.2) is 24.3 Å². The van der Waals surface area contributed by atoms with Crippen molar-refractivity contribution in [1.82, 2.24) is 19.3 Å². The highest BCUT2D eigenvalue weighted by Gasteiger charge is 2.18. The van der Waals surface area contributed by atoms with Crippen molar-refractivity contribution in [3.8, 4) is 5.69 Å². The molecule has 0 spiro atoms. The lowest BCUT2D eigenvalue weighted by atomic mass is 10.3. The van der Waals surface area contributed by atoms with Gasteiger partial charge in [-0.3, -0.25) is 4.57 Å². The quantitative estimate of drug-likeness (QED) is 0.693. The number of benzene rings is 1. The molecule has 0 radical (unpaired) electrons. The molecule has 6 heteroatoms. The van der Waals surface area contributed by atoms with Gasteiger partial charge in [0, 0.05) is 6.54 Å². The average Bonchev–Trinajstić information content (AvgIpc) is 2.96. The SMILES string of the molecule is CCn1nc(C)c2nc(CCl)n(-c3cccc(F)c3)c21. The first kappa shape index (κ1) is 13.1. The number of aromatic nitrogens is 4. The van der Waals surface area contributed by atoms with Crippen LogP contribution in [-0.2, 0) is 12.4 Å². The van der Waals surface area contributed by atoms with Crippen LogP contribution in [0.5, 0.6) is 0 Å². The highest BCUT2D eigenvalue weighted by atomic mass is 35.5. The maximum absolute atomic E-state index is 13.5. The van der Waals surface area contributed by atoms with Gasteiger partial charge in [0.25, 0.3) is 0 Å². The van der Waals surface area contributed by atoms with Gasteiger partial charge in [-0.05, 0) is 32.0 Å². The monoisotopic (exact) mass is 292 g/mol. The molecular weight excluding hydrogens is 279 g/mol. The van der Waals surface area contributed by atoms with Gasteiger partial charge in [-0.25, -0.2) is 14.1 Å². The zero-order valence-electron chi connectivity index (χ0n) is 11.3. The van der Waals surface area contributed by atoms with E-state index in [4.69, 9.17) is 11.6 Å². The molecule has 0 aliphatic rings. The molecule has 2 heterocycles. The number of alkyl halides is 1. The minimum absolute atomic E-state index is 0.258. The van der Waals surface area contributed by atoms with Crippen LogP contribution in [0.25, 0.3) is 16.9 Å². The van der Waals surface area contributed by atoms with Crippen LogP contribution < -0.4 is 0 Å². The van der Waals surface area contributed by atoms with Crippen molar-refractivity contribution >= 4 is 22.8 Å². The second-order valence-corrected chi connectivity index (χ2v) is 4.82. The van der Waals surface area contributed by atoms with Crippen LogP contribution in [0.3, 0.4) is 0 Å². The normalized spacial score (nSPS) is 11.4. The molecule has 0 aliphatic carbocycles. The number of hydrogen-bond acceptors (Lipinski definition) is 2. The molecule has 3 aromatic rings. The number of rotatable bonds is 3. The third-order valence-electron chi connectivity index (χ3n) is 3.27. The van der Waals surface area contributed by atoms with Crippen molar-refractivity contribution in [3.63, 3.8) is 0 Å². The smallest absolute Gasteiger partial charge is 0.163 e. The maximum atomic E-state index is 13.5. The van der Waals surface area contributed by atoms with Crippen molar-refractivity contribution in [2.75, 3.05) is 0 Å². The first-order valence-electron chi connectivity index (χ1n) is 6.42. The van der Waals surface area contributed by atoms with E-state index in [0.717, 1.165) is 16.9 Å². The minimum Gasteiger partial charge on any atom is -0.280 e. The topological polar surface area (TPSA) is 35.6 Å². The Labute approximate surface area is 120 Å². The summed E-state index contributed by atoms with van der Waals surface area (Å²) in [5, 5.41) is 4.45. The fourth-order valence-electron chi connectivity index (χ4n) is 2.41. The molecule has 0 bridgehead atoms. The molecule has 20 heavy (non-hydrogen) atoms. The fraction of sp³-hybridized carbons (Fsp3) is 0.286. The summed E-state index contributed by atoms with van der Waals surface area (Å²) in [5.74, 6) is 0.660. The van der Waals surface area contributed by atoms with Crippen molar-refractivity contribution in [3.05, 3.63) is 41.6 Å². The zero-order valence-corrected chi connectivity index (χ0v) is 12.0. The Morgan fingerprint density at radius 1 is 1.35 bits per heavy atom. The largest absolute Gasteiger partial charge is 0.280 e. The van der Waals surface area contributed by atoms with Gasteiger partial charge >= 0.3 is 0 Å². The van der Waals surface area contributed by atoms with Gasteiger partial charge in [0.05, 0.1) is 17.3 Å². The Hall–Kier alpha value is -1.88. The van der Waals surface area contributed by atoms with Crippen molar-refractivity contribution < 1.29 is 4.39 Å². The summed E-state index contributed by atoms with van der Waals surface area (Å²) >= 11 is 5.99. The van der Waals surface area contributed by atoms with Crippen molar-refractivity contribution in [2.24, 2.45) is 0 Å². The molecule has 0 saturated heterocycles. The molecule has 1 aromatic carbocycles. The predicted octanol–water partition coefficient (Wildman–Crippen LogP) is 3.43. The molecule has 0 N–H and O–H groups in total. The Bertz CT molecular complexity index is 775. The highest BCUT2D eigenvalue weighted by molar-refractivity contribution is 6.17. The summed E-state index contributed by atoms with van der Waals surface area (Å²) in [4.78, 5) is 4.53. The Balaban J connectivity index is 2.37. The summed E-state index contributed by atoms with van der Waals surface area (Å²) in [6, 6.07) is 6.40. The van der Waals surface area contributed by atoms with E-state index in [9.17, 15) is 4.39 Å². The molecule has 0 atom stereocenters. The first-order chi connectivity index (χ1) is 9.65. The molecule has 0 unspecified atom stereocenters. The van der Waals surface area contributed by atoms with Crippen LogP contribution in [0, 0.1) is 12.7 Å². The van der Waals surface area contributed by atoms with Crippen LogP contribution in [0.2, 0.25) is 0 Å². The third-order valence-corrected chi connectivity index (χ3v) is 3.50. The van der Waals surface area contributed by atoms with Gasteiger partial charge in [-0.1, -0.05) is 6.07 Å². The molecule has 0 amide bonds. The highest BCUT2D eigenvalue weighted by Crippen LogP contribution is 2.25. The van der Waals surface area contributed by atoms with E-state index in [1.165, 1.54) is 12.1 Å². The maximum Gasteiger partial charge on any atom is 0.163 e. The summed E-state index contributed by atoms with van der Waals surface area (Å²) in [6.45, 7) is 4.64. The van der Waals surface area contributed by atoms with Gasteiger partial charge < -0.3 is 0 Å². The van der Waals surface area contributed by atoms with Crippen molar-refractivity contribution in [1.29, 1.82) is 0 Å². The second-order valence-electron chi connectivity index (χ2n) is 4.55. The Morgan fingerprint density at radius 2 is 2.15 bits per heavy atom. The molecule has 2 aromatic heterocycles. The number of imidazole rings is 1. The fourth-order valence-corrected chi connectivity index (χ4v) is 2.59. The number of halogens is 2. The average molecular weight is 293 g/mol. The number of nitrogens with zero attached hydrogens (tertiary/aromatic N) is 4. The van der Waals surface area contributed by atoms with Gasteiger partial charge in [-0.15, -0.1) is 11.6 Å². The van der Waals surface area contributed by atoms with Gasteiger partial charge in [0.15, 0.2) is 5.65 Å². The molecule has 104 valence electrons. The van der Waals surface area contributed by atoms with E-state index in [0.29, 0.717) is 18.1 Å². The van der Waals surface area contributed by atoms with Crippen molar-refractivity contribution in [2.45, 2.75) is 26.3 Å². The number of aryl methyl sites for hydroxylation is 2. The van der Waals surface area contributed by atoms with Gasteiger partial charge in [0.2, 0.25) is 0 Å². The lowest BCUT2D eigenvalue weighted by Gasteiger charge is -2.09. The van der Waals surface area contributed by atoms with E-state index in [-0.39, 0.29) is 11.7 Å². The predicted molar refractivity (Wildman–Crippen MR) is 76.8 cm³/mol. The number of hydrogen-bond donors (Lipinski definition) is 0. The molecular formula is C14H14ClFN4. The lowest BCUT2D eigenvalue weighted by molar-refractivity contribution is 0.625. The third kappa shape index (κ3) is 1.89. The Morgan fingerprint density at radius 3 is 2.80 bits per heavy atom. The van der Waals surface area contributed by atoms with Crippen LogP contribution in [0.1, 0.15) is 18.4 Å².